The van der Waals surface area contributed by atoms with Crippen LogP contribution in [0, 0.1) is 17.3 Å². The number of rotatable bonds is 6. The molecule has 2 rings (SSSR count). The Labute approximate surface area is 133 Å². The molecular formula is C19H38N2. The van der Waals surface area contributed by atoms with Gasteiger partial charge in [-0.2, -0.15) is 0 Å². The molecule has 1 N–H and O–H groups in total. The summed E-state index contributed by atoms with van der Waals surface area (Å²) in [6.45, 7) is 14.8. The number of hydrogen-bond donors (Lipinski definition) is 1. The zero-order valence-electron chi connectivity index (χ0n) is 15.0. The van der Waals surface area contributed by atoms with Crippen LogP contribution in [0.1, 0.15) is 72.6 Å². The lowest BCUT2D eigenvalue weighted by atomic mass is 9.67. The second kappa shape index (κ2) is 7.97. The van der Waals surface area contributed by atoms with E-state index in [1.165, 1.54) is 71.1 Å². The molecule has 0 aromatic carbocycles. The molecule has 0 radical (unpaired) electrons. The molecule has 0 aromatic heterocycles. The summed E-state index contributed by atoms with van der Waals surface area (Å²) in [5, 5.41) is 3.89. The van der Waals surface area contributed by atoms with Crippen molar-refractivity contribution >= 4 is 0 Å². The summed E-state index contributed by atoms with van der Waals surface area (Å²) < 4.78 is 0. The number of hydrogen-bond acceptors (Lipinski definition) is 2. The maximum Gasteiger partial charge on any atom is 0.0159 e. The van der Waals surface area contributed by atoms with Crippen molar-refractivity contribution in [1.29, 1.82) is 0 Å². The molecule has 1 aliphatic carbocycles. The minimum Gasteiger partial charge on any atom is -0.313 e. The normalized spacial score (nSPS) is 31.4. The zero-order valence-corrected chi connectivity index (χ0v) is 15.0. The van der Waals surface area contributed by atoms with Crippen LogP contribution in [0.25, 0.3) is 0 Å². The molecule has 0 bridgehead atoms. The van der Waals surface area contributed by atoms with Crippen LogP contribution in [-0.4, -0.2) is 37.1 Å². The van der Waals surface area contributed by atoms with E-state index < -0.39 is 0 Å². The van der Waals surface area contributed by atoms with Crippen LogP contribution in [-0.2, 0) is 0 Å². The van der Waals surface area contributed by atoms with E-state index in [-0.39, 0.29) is 0 Å². The van der Waals surface area contributed by atoms with E-state index >= 15 is 0 Å². The van der Waals surface area contributed by atoms with Crippen molar-refractivity contribution in [1.82, 2.24) is 10.2 Å². The highest BCUT2D eigenvalue weighted by molar-refractivity contribution is 4.94. The summed E-state index contributed by atoms with van der Waals surface area (Å²) in [6, 6.07) is 0.718. The minimum atomic E-state index is 0.472. The molecule has 0 aromatic rings. The number of nitrogens with zero attached hydrogens (tertiary/aromatic N) is 1. The quantitative estimate of drug-likeness (QED) is 0.785. The third-order valence-electron chi connectivity index (χ3n) is 6.10. The Kier molecular flexibility index (Phi) is 6.55. The molecule has 2 unspecified atom stereocenters. The molecule has 21 heavy (non-hydrogen) atoms. The van der Waals surface area contributed by atoms with E-state index in [1.807, 2.05) is 0 Å². The molecule has 2 nitrogen and oxygen atoms in total. The number of nitrogens with one attached hydrogen (secondary N) is 1. The van der Waals surface area contributed by atoms with E-state index in [0.717, 1.165) is 17.9 Å². The van der Waals surface area contributed by atoms with E-state index in [2.05, 4.69) is 37.9 Å². The van der Waals surface area contributed by atoms with Crippen molar-refractivity contribution in [2.24, 2.45) is 17.3 Å². The van der Waals surface area contributed by atoms with Crippen LogP contribution >= 0.6 is 0 Å². The van der Waals surface area contributed by atoms with Crippen LogP contribution < -0.4 is 5.32 Å². The number of piperidine rings is 1. The van der Waals surface area contributed by atoms with Crippen molar-refractivity contribution in [2.75, 3.05) is 26.2 Å². The van der Waals surface area contributed by atoms with Crippen molar-refractivity contribution in [3.63, 3.8) is 0 Å². The molecule has 124 valence electrons. The number of likely N-dealkylation sites (tertiary alicyclic amines) is 1. The predicted molar refractivity (Wildman–Crippen MR) is 92.7 cm³/mol. The molecule has 2 aliphatic rings. The van der Waals surface area contributed by atoms with Crippen molar-refractivity contribution in [2.45, 2.75) is 78.7 Å². The Morgan fingerprint density at radius 3 is 2.43 bits per heavy atom. The van der Waals surface area contributed by atoms with E-state index in [1.54, 1.807) is 0 Å². The van der Waals surface area contributed by atoms with E-state index in [0.29, 0.717) is 5.41 Å². The summed E-state index contributed by atoms with van der Waals surface area (Å²) in [5.74, 6) is 1.86. The van der Waals surface area contributed by atoms with Gasteiger partial charge < -0.3 is 10.2 Å². The van der Waals surface area contributed by atoms with Crippen LogP contribution in [0.15, 0.2) is 0 Å². The van der Waals surface area contributed by atoms with Gasteiger partial charge in [0.15, 0.2) is 0 Å². The smallest absolute Gasteiger partial charge is 0.0159 e. The SMILES string of the molecule is CCCNC1C(CN2CCC(CC)CC2)CCCC1(C)C. The summed E-state index contributed by atoms with van der Waals surface area (Å²) in [7, 11) is 0. The van der Waals surface area contributed by atoms with Gasteiger partial charge in [0.2, 0.25) is 0 Å². The Hall–Kier alpha value is -0.0800. The maximum atomic E-state index is 3.89. The first kappa shape index (κ1) is 17.3. The second-order valence-corrected chi connectivity index (χ2v) is 8.22. The highest BCUT2D eigenvalue weighted by atomic mass is 15.1. The summed E-state index contributed by atoms with van der Waals surface area (Å²) >= 11 is 0. The molecule has 1 aliphatic heterocycles. The summed E-state index contributed by atoms with van der Waals surface area (Å²) in [5.41, 5.74) is 0.472. The van der Waals surface area contributed by atoms with Crippen molar-refractivity contribution < 1.29 is 0 Å². The third kappa shape index (κ3) is 4.69. The van der Waals surface area contributed by atoms with Gasteiger partial charge in [0.05, 0.1) is 0 Å². The lowest BCUT2D eigenvalue weighted by Crippen LogP contribution is -2.53. The van der Waals surface area contributed by atoms with Crippen molar-refractivity contribution in [3.05, 3.63) is 0 Å². The first-order valence-corrected chi connectivity index (χ1v) is 9.52. The highest BCUT2D eigenvalue weighted by Crippen LogP contribution is 2.39. The standard InChI is InChI=1S/C19H38N2/c1-5-12-20-18-17(8-7-11-19(18,3)4)15-21-13-9-16(6-2)10-14-21/h16-18,20H,5-15H2,1-4H3. The molecule has 1 saturated heterocycles. The van der Waals surface area contributed by atoms with Crippen LogP contribution in [0.4, 0.5) is 0 Å². The van der Waals surface area contributed by atoms with Gasteiger partial charge in [-0.15, -0.1) is 0 Å². The Balaban J connectivity index is 1.90. The van der Waals surface area contributed by atoms with Gasteiger partial charge in [0, 0.05) is 12.6 Å². The highest BCUT2D eigenvalue weighted by Gasteiger charge is 2.39. The van der Waals surface area contributed by atoms with Crippen LogP contribution in [0.3, 0.4) is 0 Å². The van der Waals surface area contributed by atoms with Crippen LogP contribution in [0.2, 0.25) is 0 Å². The topological polar surface area (TPSA) is 15.3 Å². The van der Waals surface area contributed by atoms with E-state index in [9.17, 15) is 0 Å². The average Bonchev–Trinajstić information content (AvgIpc) is 2.47. The van der Waals surface area contributed by atoms with Crippen molar-refractivity contribution in [3.8, 4) is 0 Å². The van der Waals surface area contributed by atoms with Gasteiger partial charge in [-0.25, -0.2) is 0 Å². The van der Waals surface area contributed by atoms with Gasteiger partial charge in [-0.3, -0.25) is 0 Å². The Morgan fingerprint density at radius 1 is 1.10 bits per heavy atom. The molecule has 1 heterocycles. The Morgan fingerprint density at radius 2 is 1.81 bits per heavy atom. The summed E-state index contributed by atoms with van der Waals surface area (Å²) in [4.78, 5) is 2.76. The molecule has 0 spiro atoms. The molecule has 2 heteroatoms. The van der Waals surface area contributed by atoms with Gasteiger partial charge in [0.1, 0.15) is 0 Å². The largest absolute Gasteiger partial charge is 0.313 e. The van der Waals surface area contributed by atoms with Gasteiger partial charge in [-0.1, -0.05) is 40.5 Å². The molecule has 2 atom stereocenters. The van der Waals surface area contributed by atoms with Gasteiger partial charge in [-0.05, 0) is 69.0 Å². The first-order valence-electron chi connectivity index (χ1n) is 9.52. The molecular weight excluding hydrogens is 256 g/mol. The molecule has 0 amide bonds. The van der Waals surface area contributed by atoms with Crippen LogP contribution in [0.5, 0.6) is 0 Å². The molecule has 2 fully saturated rings. The maximum absolute atomic E-state index is 3.89. The minimum absolute atomic E-state index is 0.472. The van der Waals surface area contributed by atoms with Gasteiger partial charge >= 0.3 is 0 Å². The lowest BCUT2D eigenvalue weighted by molar-refractivity contribution is 0.0664. The van der Waals surface area contributed by atoms with E-state index in [4.69, 9.17) is 0 Å². The fraction of sp³-hybridized carbons (Fsp3) is 1.00. The average molecular weight is 295 g/mol. The Bertz CT molecular complexity index is 292. The fourth-order valence-electron chi connectivity index (χ4n) is 4.63. The third-order valence-corrected chi connectivity index (χ3v) is 6.10. The fourth-order valence-corrected chi connectivity index (χ4v) is 4.63. The monoisotopic (exact) mass is 294 g/mol. The second-order valence-electron chi connectivity index (χ2n) is 8.22. The first-order chi connectivity index (χ1) is 10.1. The zero-order chi connectivity index (χ0) is 15.3. The predicted octanol–water partition coefficient (Wildman–Crippen LogP) is 4.30. The summed E-state index contributed by atoms with van der Waals surface area (Å²) in [6.07, 6.45) is 9.74. The lowest BCUT2D eigenvalue weighted by Gasteiger charge is -2.47. The molecule has 1 saturated carbocycles. The van der Waals surface area contributed by atoms with Gasteiger partial charge in [0.25, 0.3) is 0 Å².